The fourth-order valence-corrected chi connectivity index (χ4v) is 1.44. The average molecular weight is 243 g/mol. The molecule has 0 fully saturated rings. The number of rotatable bonds is 7. The molecular weight excluding hydrogens is 222 g/mol. The SMILES string of the molecule is CCC(C)(OC)c1noc(CC(N)COC)n1. The van der Waals surface area contributed by atoms with E-state index in [-0.39, 0.29) is 6.04 Å². The Bertz CT molecular complexity index is 336. The Morgan fingerprint density at radius 1 is 1.47 bits per heavy atom. The van der Waals surface area contributed by atoms with E-state index in [1.807, 2.05) is 13.8 Å². The minimum Gasteiger partial charge on any atom is -0.383 e. The van der Waals surface area contributed by atoms with E-state index in [1.54, 1.807) is 14.2 Å². The second kappa shape index (κ2) is 6.09. The molecule has 1 rings (SSSR count). The van der Waals surface area contributed by atoms with Gasteiger partial charge in [0.05, 0.1) is 6.61 Å². The van der Waals surface area contributed by atoms with Gasteiger partial charge in [0, 0.05) is 26.7 Å². The molecule has 0 saturated heterocycles. The van der Waals surface area contributed by atoms with Crippen LogP contribution < -0.4 is 5.73 Å². The van der Waals surface area contributed by atoms with Gasteiger partial charge in [0.15, 0.2) is 0 Å². The molecule has 0 aliphatic rings. The first-order chi connectivity index (χ1) is 8.05. The minimum atomic E-state index is -0.507. The van der Waals surface area contributed by atoms with Gasteiger partial charge in [-0.3, -0.25) is 0 Å². The number of ether oxygens (including phenoxy) is 2. The van der Waals surface area contributed by atoms with Gasteiger partial charge in [-0.05, 0) is 13.3 Å². The molecule has 2 N–H and O–H groups in total. The second-order valence-electron chi connectivity index (χ2n) is 4.22. The summed E-state index contributed by atoms with van der Waals surface area (Å²) >= 11 is 0. The Balaban J connectivity index is 2.71. The zero-order chi connectivity index (χ0) is 12.9. The quantitative estimate of drug-likeness (QED) is 0.764. The van der Waals surface area contributed by atoms with Crippen molar-refractivity contribution >= 4 is 0 Å². The fourth-order valence-electron chi connectivity index (χ4n) is 1.44. The number of aromatic nitrogens is 2. The zero-order valence-electron chi connectivity index (χ0n) is 10.9. The first kappa shape index (κ1) is 14.1. The Kier molecular flexibility index (Phi) is 5.04. The molecule has 17 heavy (non-hydrogen) atoms. The molecule has 0 aliphatic heterocycles. The highest BCUT2D eigenvalue weighted by Gasteiger charge is 2.30. The fraction of sp³-hybridized carbons (Fsp3) is 0.818. The van der Waals surface area contributed by atoms with Crippen LogP contribution in [0.1, 0.15) is 32.0 Å². The maximum atomic E-state index is 5.82. The van der Waals surface area contributed by atoms with Crippen LogP contribution in [0.15, 0.2) is 4.52 Å². The largest absolute Gasteiger partial charge is 0.383 e. The van der Waals surface area contributed by atoms with E-state index >= 15 is 0 Å². The van der Waals surface area contributed by atoms with E-state index in [1.165, 1.54) is 0 Å². The molecule has 0 saturated carbocycles. The minimum absolute atomic E-state index is 0.135. The first-order valence-electron chi connectivity index (χ1n) is 5.68. The lowest BCUT2D eigenvalue weighted by Gasteiger charge is -2.21. The highest BCUT2D eigenvalue weighted by atomic mass is 16.5. The van der Waals surface area contributed by atoms with Gasteiger partial charge in [0.2, 0.25) is 11.7 Å². The van der Waals surface area contributed by atoms with Crippen LogP contribution in [0.25, 0.3) is 0 Å². The third-order valence-electron chi connectivity index (χ3n) is 2.88. The number of nitrogens with two attached hydrogens (primary N) is 1. The van der Waals surface area contributed by atoms with Crippen molar-refractivity contribution in [3.8, 4) is 0 Å². The molecule has 1 aromatic heterocycles. The molecule has 6 nitrogen and oxygen atoms in total. The van der Waals surface area contributed by atoms with Crippen molar-refractivity contribution in [2.45, 2.75) is 38.3 Å². The number of nitrogens with zero attached hydrogens (tertiary/aromatic N) is 2. The monoisotopic (exact) mass is 243 g/mol. The van der Waals surface area contributed by atoms with Crippen molar-refractivity contribution < 1.29 is 14.0 Å². The van der Waals surface area contributed by atoms with Crippen molar-refractivity contribution in [3.05, 3.63) is 11.7 Å². The smallest absolute Gasteiger partial charge is 0.228 e. The second-order valence-corrected chi connectivity index (χ2v) is 4.22. The topological polar surface area (TPSA) is 83.4 Å². The van der Waals surface area contributed by atoms with Crippen LogP contribution in [-0.4, -0.2) is 37.0 Å². The van der Waals surface area contributed by atoms with E-state index in [0.717, 1.165) is 6.42 Å². The van der Waals surface area contributed by atoms with Crippen molar-refractivity contribution in [1.29, 1.82) is 0 Å². The normalized spacial score (nSPS) is 16.8. The maximum absolute atomic E-state index is 5.82. The van der Waals surface area contributed by atoms with E-state index in [4.69, 9.17) is 19.7 Å². The Hall–Kier alpha value is -0.980. The molecule has 6 heteroatoms. The molecule has 0 aliphatic carbocycles. The summed E-state index contributed by atoms with van der Waals surface area (Å²) in [5, 5.41) is 3.94. The van der Waals surface area contributed by atoms with Crippen molar-refractivity contribution in [2.24, 2.45) is 5.73 Å². The van der Waals surface area contributed by atoms with Gasteiger partial charge in [-0.25, -0.2) is 0 Å². The molecule has 0 aromatic carbocycles. The van der Waals surface area contributed by atoms with Crippen molar-refractivity contribution in [3.63, 3.8) is 0 Å². The van der Waals surface area contributed by atoms with Gasteiger partial charge in [0.1, 0.15) is 5.60 Å². The van der Waals surface area contributed by atoms with Gasteiger partial charge in [-0.1, -0.05) is 12.1 Å². The van der Waals surface area contributed by atoms with E-state index in [9.17, 15) is 0 Å². The van der Waals surface area contributed by atoms with Crippen LogP contribution in [0.4, 0.5) is 0 Å². The molecule has 1 aromatic rings. The lowest BCUT2D eigenvalue weighted by atomic mass is 10.0. The highest BCUT2D eigenvalue weighted by Crippen LogP contribution is 2.25. The molecule has 2 atom stereocenters. The van der Waals surface area contributed by atoms with Crippen molar-refractivity contribution in [1.82, 2.24) is 10.1 Å². The summed E-state index contributed by atoms with van der Waals surface area (Å²) in [4.78, 5) is 4.31. The summed E-state index contributed by atoms with van der Waals surface area (Å²) in [5.41, 5.74) is 5.31. The van der Waals surface area contributed by atoms with E-state index < -0.39 is 5.60 Å². The lowest BCUT2D eigenvalue weighted by Crippen LogP contribution is -2.28. The van der Waals surface area contributed by atoms with E-state index in [2.05, 4.69) is 10.1 Å². The summed E-state index contributed by atoms with van der Waals surface area (Å²) in [7, 11) is 3.24. The lowest BCUT2D eigenvalue weighted by molar-refractivity contribution is -0.0106. The predicted molar refractivity (Wildman–Crippen MR) is 62.5 cm³/mol. The molecular formula is C11H21N3O3. The molecule has 1 heterocycles. The number of hydrogen-bond acceptors (Lipinski definition) is 6. The molecule has 2 unspecified atom stereocenters. The number of methoxy groups -OCH3 is 2. The standard InChI is InChI=1S/C11H21N3O3/c1-5-11(2,16-4)10-13-9(17-14-10)6-8(12)7-15-3/h8H,5-7,12H2,1-4H3. The van der Waals surface area contributed by atoms with Crippen molar-refractivity contribution in [2.75, 3.05) is 20.8 Å². The first-order valence-corrected chi connectivity index (χ1v) is 5.68. The molecule has 0 amide bonds. The summed E-state index contributed by atoms with van der Waals surface area (Å²) in [6.07, 6.45) is 1.27. The molecule has 0 radical (unpaired) electrons. The third-order valence-corrected chi connectivity index (χ3v) is 2.88. The summed E-state index contributed by atoms with van der Waals surface area (Å²) in [5.74, 6) is 1.07. The zero-order valence-corrected chi connectivity index (χ0v) is 10.9. The van der Waals surface area contributed by atoms with E-state index in [0.29, 0.717) is 24.7 Å². The average Bonchev–Trinajstić information content (AvgIpc) is 2.77. The van der Waals surface area contributed by atoms with Gasteiger partial charge < -0.3 is 19.7 Å². The van der Waals surface area contributed by atoms with Crippen LogP contribution in [0.2, 0.25) is 0 Å². The van der Waals surface area contributed by atoms with Crippen LogP contribution in [0.5, 0.6) is 0 Å². The van der Waals surface area contributed by atoms with Gasteiger partial charge >= 0.3 is 0 Å². The predicted octanol–water partition coefficient (Wildman–Crippen LogP) is 0.857. The molecule has 0 bridgehead atoms. The van der Waals surface area contributed by atoms with Crippen LogP contribution in [0, 0.1) is 0 Å². The van der Waals surface area contributed by atoms with Crippen LogP contribution in [-0.2, 0) is 21.5 Å². The number of hydrogen-bond donors (Lipinski definition) is 1. The summed E-state index contributed by atoms with van der Waals surface area (Å²) in [6, 6.07) is -0.135. The van der Waals surface area contributed by atoms with Crippen LogP contribution >= 0.6 is 0 Å². The Morgan fingerprint density at radius 3 is 2.71 bits per heavy atom. The maximum Gasteiger partial charge on any atom is 0.228 e. The van der Waals surface area contributed by atoms with Gasteiger partial charge in [-0.2, -0.15) is 4.98 Å². The third kappa shape index (κ3) is 3.49. The van der Waals surface area contributed by atoms with Crippen LogP contribution in [0.3, 0.4) is 0 Å². The molecule has 98 valence electrons. The summed E-state index contributed by atoms with van der Waals surface area (Å²) in [6.45, 7) is 4.40. The highest BCUT2D eigenvalue weighted by molar-refractivity contribution is 4.99. The van der Waals surface area contributed by atoms with Gasteiger partial charge in [0.25, 0.3) is 0 Å². The molecule has 0 spiro atoms. The Morgan fingerprint density at radius 2 is 2.18 bits per heavy atom. The summed E-state index contributed by atoms with van der Waals surface area (Å²) < 4.78 is 15.5. The van der Waals surface area contributed by atoms with Gasteiger partial charge in [-0.15, -0.1) is 0 Å². The Labute approximate surface area is 101 Å².